The summed E-state index contributed by atoms with van der Waals surface area (Å²) in [6.07, 6.45) is 3.47. The maximum absolute atomic E-state index is 11.0. The van der Waals surface area contributed by atoms with E-state index in [1.807, 2.05) is 42.5 Å². The summed E-state index contributed by atoms with van der Waals surface area (Å²) in [6, 6.07) is 85.2. The summed E-state index contributed by atoms with van der Waals surface area (Å²) in [4.78, 5) is 11.8. The van der Waals surface area contributed by atoms with Gasteiger partial charge in [-0.1, -0.05) is 42.5 Å². The molecule has 0 heterocycles. The Hall–Kier alpha value is -5.56. The number of aromatic carboxylic acids is 1. The molecule has 0 radical (unpaired) electrons. The van der Waals surface area contributed by atoms with Crippen molar-refractivity contribution in [3.8, 4) is 0 Å². The third kappa shape index (κ3) is 9.41. The Kier molecular flexibility index (Phi) is 14.2. The van der Waals surface area contributed by atoms with Crippen molar-refractivity contribution in [2.45, 2.75) is 17.1 Å². The molecule has 0 amide bonds. The van der Waals surface area contributed by atoms with E-state index in [4.69, 9.17) is 5.11 Å². The Bertz CT molecular complexity index is 2110. The normalized spacial score (nSPS) is 11.8. The molecule has 0 saturated heterocycles. The molecular weight excluding hydrogens is 763 g/mol. The Morgan fingerprint density at radius 3 is 0.966 bits per heavy atom. The van der Waals surface area contributed by atoms with Gasteiger partial charge < -0.3 is 5.11 Å². The van der Waals surface area contributed by atoms with Gasteiger partial charge in [-0.3, -0.25) is 0 Å². The van der Waals surface area contributed by atoms with Gasteiger partial charge >= 0.3 is 253 Å². The van der Waals surface area contributed by atoms with Crippen molar-refractivity contribution in [2.24, 2.45) is 0 Å². The summed E-state index contributed by atoms with van der Waals surface area (Å²) in [7, 11) is -4.61. The summed E-state index contributed by atoms with van der Waals surface area (Å²) in [5.41, 5.74) is 1.56. The molecule has 8 aromatic rings. The van der Waals surface area contributed by atoms with Crippen LogP contribution >= 0.6 is 26.3 Å². The van der Waals surface area contributed by atoms with Gasteiger partial charge in [0.05, 0.1) is 5.56 Å². The van der Waals surface area contributed by atoms with E-state index in [9.17, 15) is 4.79 Å². The Labute approximate surface area is 349 Å². The molecular formula is C53H50O2P2S. The third-order valence-corrected chi connectivity index (χ3v) is 22.3. The summed E-state index contributed by atoms with van der Waals surface area (Å²) < 4.78 is 0. The van der Waals surface area contributed by atoms with Gasteiger partial charge in [-0.15, -0.1) is 11.8 Å². The van der Waals surface area contributed by atoms with Gasteiger partial charge in [0.25, 0.3) is 0 Å². The van der Waals surface area contributed by atoms with Crippen LogP contribution in [0, 0.1) is 0 Å². The minimum atomic E-state index is -2.30. The van der Waals surface area contributed by atoms with Gasteiger partial charge in [0.2, 0.25) is 0 Å². The first kappa shape index (κ1) is 40.6. The van der Waals surface area contributed by atoms with E-state index < -0.39 is 20.5 Å². The topological polar surface area (TPSA) is 37.3 Å². The summed E-state index contributed by atoms with van der Waals surface area (Å²) in [6.45, 7) is 0. The first-order valence-electron chi connectivity index (χ1n) is 19.9. The SMILES string of the molecule is O=C(O)c1ccccc1SCc1ccccc1.c1ccc([PH](CCC[PH](c2ccccc2)(c2ccccc2)c2ccccc2)(c2ccccc2)c2ccccc2)cc1. The van der Waals surface area contributed by atoms with Crippen LogP contribution in [0.15, 0.2) is 241 Å². The number of thioether (sulfide) groups is 1. The summed E-state index contributed by atoms with van der Waals surface area (Å²) in [5.74, 6) is -0.0911. The first-order chi connectivity index (χ1) is 28.6. The molecule has 5 heteroatoms. The Balaban J connectivity index is 0.000000252. The molecule has 58 heavy (non-hydrogen) atoms. The van der Waals surface area contributed by atoms with Gasteiger partial charge in [-0.05, 0) is 17.7 Å². The average molecular weight is 813 g/mol. The quantitative estimate of drug-likeness (QED) is 0.0878. The predicted octanol–water partition coefficient (Wildman–Crippen LogP) is 10.5. The first-order valence-corrected chi connectivity index (χ1v) is 25.3. The van der Waals surface area contributed by atoms with Crippen LogP contribution in [0.5, 0.6) is 0 Å². The standard InChI is InChI=1S/C39H38P2.C14H12O2S/c1-7-20-34(21-8-1)40(35-22-9-2-10-23-35,36-24-11-3-12-25-36)32-19-33-41(37-26-13-4-14-27-37,38-28-15-5-16-29-38)39-30-17-6-18-31-39;15-14(16)12-8-4-5-9-13(12)17-10-11-6-2-1-3-7-11/h1-18,20-31,40-41H,19,32-33H2;1-9H,10H2,(H,15,16). The Morgan fingerprint density at radius 2 is 0.655 bits per heavy atom. The number of hydrogen-bond donors (Lipinski definition) is 1. The molecule has 0 fully saturated rings. The minimum absolute atomic E-state index is 0.369. The molecule has 290 valence electrons. The van der Waals surface area contributed by atoms with E-state index in [-0.39, 0.29) is 0 Å². The molecule has 8 rings (SSSR count). The molecule has 0 spiro atoms. The molecule has 0 saturated carbocycles. The monoisotopic (exact) mass is 812 g/mol. The number of carboxylic acid groups (broad SMARTS) is 1. The van der Waals surface area contributed by atoms with Gasteiger partial charge in [0, 0.05) is 10.6 Å². The van der Waals surface area contributed by atoms with Crippen LogP contribution in [-0.4, -0.2) is 23.4 Å². The van der Waals surface area contributed by atoms with Gasteiger partial charge in [0.15, 0.2) is 0 Å². The van der Waals surface area contributed by atoms with Crippen LogP contribution in [0.3, 0.4) is 0 Å². The van der Waals surface area contributed by atoms with Crippen molar-refractivity contribution in [3.05, 3.63) is 248 Å². The molecule has 0 aliphatic carbocycles. The van der Waals surface area contributed by atoms with Crippen LogP contribution in [0.2, 0.25) is 0 Å². The van der Waals surface area contributed by atoms with E-state index in [2.05, 4.69) is 182 Å². The van der Waals surface area contributed by atoms with Gasteiger partial charge in [-0.25, -0.2) is 4.79 Å². The molecule has 0 aromatic heterocycles. The number of hydrogen-bond acceptors (Lipinski definition) is 2. The molecule has 0 aliphatic heterocycles. The second kappa shape index (κ2) is 20.2. The summed E-state index contributed by atoms with van der Waals surface area (Å²) in [5, 5.41) is 18.0. The van der Waals surface area contributed by atoms with Crippen LogP contribution in [0.1, 0.15) is 22.3 Å². The molecule has 0 aliphatic rings. The van der Waals surface area contributed by atoms with Crippen molar-refractivity contribution in [1.29, 1.82) is 0 Å². The second-order valence-electron chi connectivity index (χ2n) is 14.4. The van der Waals surface area contributed by atoms with Crippen molar-refractivity contribution in [2.75, 3.05) is 12.3 Å². The molecule has 2 nitrogen and oxygen atoms in total. The fraction of sp³-hybridized carbons (Fsp3) is 0.0755. The zero-order valence-electron chi connectivity index (χ0n) is 32.6. The second-order valence-corrected chi connectivity index (χ2v) is 23.5. The molecule has 0 bridgehead atoms. The van der Waals surface area contributed by atoms with E-state index in [1.165, 1.54) is 37.4 Å². The van der Waals surface area contributed by atoms with Crippen LogP contribution in [-0.2, 0) is 5.75 Å². The van der Waals surface area contributed by atoms with E-state index in [1.54, 1.807) is 23.9 Å². The zero-order valence-corrected chi connectivity index (χ0v) is 35.4. The van der Waals surface area contributed by atoms with E-state index in [0.717, 1.165) is 29.4 Å². The number of carbonyl (C=O) groups is 1. The zero-order chi connectivity index (χ0) is 39.9. The fourth-order valence-electron chi connectivity index (χ4n) is 8.33. The molecule has 8 aromatic carbocycles. The third-order valence-electron chi connectivity index (χ3n) is 11.1. The Morgan fingerprint density at radius 1 is 0.379 bits per heavy atom. The van der Waals surface area contributed by atoms with Crippen molar-refractivity contribution < 1.29 is 9.90 Å². The van der Waals surface area contributed by atoms with Crippen LogP contribution in [0.4, 0.5) is 0 Å². The van der Waals surface area contributed by atoms with Crippen molar-refractivity contribution >= 4 is 64.1 Å². The van der Waals surface area contributed by atoms with Crippen LogP contribution in [0.25, 0.3) is 0 Å². The van der Waals surface area contributed by atoms with Gasteiger partial charge in [0.1, 0.15) is 0 Å². The maximum atomic E-state index is 11.0. The van der Waals surface area contributed by atoms with Gasteiger partial charge in [-0.2, -0.15) is 0 Å². The number of rotatable bonds is 14. The molecule has 0 atom stereocenters. The van der Waals surface area contributed by atoms with Crippen molar-refractivity contribution in [3.63, 3.8) is 0 Å². The summed E-state index contributed by atoms with van der Waals surface area (Å²) >= 11 is 1.55. The van der Waals surface area contributed by atoms with E-state index in [0.29, 0.717) is 5.56 Å². The predicted molar refractivity (Wildman–Crippen MR) is 257 cm³/mol. The molecule has 1 N–H and O–H groups in total. The van der Waals surface area contributed by atoms with E-state index >= 15 is 0 Å². The number of carboxylic acids is 1. The fourth-order valence-corrected chi connectivity index (χ4v) is 19.4. The van der Waals surface area contributed by atoms with Crippen molar-refractivity contribution in [1.82, 2.24) is 0 Å². The molecule has 0 unspecified atom stereocenters. The number of benzene rings is 8. The average Bonchev–Trinajstić information content (AvgIpc) is 3.31. The van der Waals surface area contributed by atoms with Crippen LogP contribution < -0.4 is 31.8 Å².